The molecule has 2 rings (SSSR count). The van der Waals surface area contributed by atoms with Gasteiger partial charge in [-0.1, -0.05) is 30.3 Å². The van der Waals surface area contributed by atoms with Crippen LogP contribution in [0.5, 0.6) is 11.5 Å². The van der Waals surface area contributed by atoms with E-state index in [4.69, 9.17) is 9.47 Å². The van der Waals surface area contributed by atoms with Gasteiger partial charge in [-0.15, -0.1) is 0 Å². The molecule has 0 unspecified atom stereocenters. The molecule has 2 aromatic carbocycles. The summed E-state index contributed by atoms with van der Waals surface area (Å²) in [4.78, 5) is 11.6. The van der Waals surface area contributed by atoms with Gasteiger partial charge in [0.25, 0.3) is 0 Å². The molecule has 21 heavy (non-hydrogen) atoms. The molecule has 0 radical (unpaired) electrons. The van der Waals surface area contributed by atoms with Crippen molar-refractivity contribution in [1.29, 1.82) is 0 Å². The predicted octanol–water partition coefficient (Wildman–Crippen LogP) is 3.29. The maximum Gasteiger partial charge on any atom is 0.412 e. The van der Waals surface area contributed by atoms with Crippen molar-refractivity contribution in [2.45, 2.75) is 6.61 Å². The minimum Gasteiger partial charge on any atom is -0.506 e. The van der Waals surface area contributed by atoms with Crippen LogP contribution in [-0.4, -0.2) is 18.3 Å². The summed E-state index contributed by atoms with van der Waals surface area (Å²) in [6.07, 6.45) is -0.793. The van der Waals surface area contributed by atoms with Gasteiger partial charge < -0.3 is 14.6 Å². The van der Waals surface area contributed by atoms with Crippen molar-refractivity contribution in [2.24, 2.45) is 0 Å². The molecular formula is C15H14FNO4. The van der Waals surface area contributed by atoms with Crippen molar-refractivity contribution in [3.63, 3.8) is 0 Å². The number of carbonyl (C=O) groups is 1. The van der Waals surface area contributed by atoms with Crippen LogP contribution in [0.15, 0.2) is 42.5 Å². The molecule has 0 aromatic heterocycles. The second kappa shape index (κ2) is 6.60. The lowest BCUT2D eigenvalue weighted by Gasteiger charge is -2.10. The lowest BCUT2D eigenvalue weighted by molar-refractivity contribution is 0.155. The topological polar surface area (TPSA) is 67.8 Å². The van der Waals surface area contributed by atoms with E-state index < -0.39 is 11.9 Å². The molecule has 0 saturated carbocycles. The Balaban J connectivity index is 1.98. The van der Waals surface area contributed by atoms with Gasteiger partial charge in [-0.2, -0.15) is 0 Å². The van der Waals surface area contributed by atoms with Gasteiger partial charge in [-0.3, -0.25) is 5.32 Å². The molecule has 0 aliphatic rings. The molecule has 110 valence electrons. The maximum atomic E-state index is 13.5. The Labute approximate surface area is 120 Å². The number of ether oxygens (including phenoxy) is 2. The van der Waals surface area contributed by atoms with Crippen molar-refractivity contribution in [1.82, 2.24) is 0 Å². The van der Waals surface area contributed by atoms with Gasteiger partial charge in [0.15, 0.2) is 11.6 Å². The molecule has 1 amide bonds. The van der Waals surface area contributed by atoms with Crippen LogP contribution in [0.2, 0.25) is 0 Å². The highest BCUT2D eigenvalue weighted by Gasteiger charge is 2.12. The zero-order chi connectivity index (χ0) is 15.2. The van der Waals surface area contributed by atoms with Gasteiger partial charge in [0.05, 0.1) is 12.8 Å². The van der Waals surface area contributed by atoms with Crippen LogP contribution in [-0.2, 0) is 11.3 Å². The number of methoxy groups -OCH3 is 1. The van der Waals surface area contributed by atoms with E-state index in [1.54, 1.807) is 12.1 Å². The highest BCUT2D eigenvalue weighted by Crippen LogP contribution is 2.31. The zero-order valence-electron chi connectivity index (χ0n) is 11.3. The number of amides is 1. The number of rotatable bonds is 4. The van der Waals surface area contributed by atoms with Crippen LogP contribution < -0.4 is 10.1 Å². The van der Waals surface area contributed by atoms with Crippen molar-refractivity contribution < 1.29 is 23.8 Å². The highest BCUT2D eigenvalue weighted by molar-refractivity contribution is 5.86. The van der Waals surface area contributed by atoms with Crippen LogP contribution in [0, 0.1) is 5.82 Å². The molecule has 5 nitrogen and oxygen atoms in total. The summed E-state index contributed by atoms with van der Waals surface area (Å²) in [6.45, 7) is 0.0755. The number of benzene rings is 2. The molecule has 6 heteroatoms. The number of halogens is 1. The summed E-state index contributed by atoms with van der Waals surface area (Å²) in [6, 6.07) is 11.1. The van der Waals surface area contributed by atoms with Crippen LogP contribution in [0.3, 0.4) is 0 Å². The standard InChI is InChI=1S/C15H14FNO4/c1-20-14-8-13(18)12(7-11(14)16)17-15(19)21-9-10-5-3-2-4-6-10/h2-8,18H,9H2,1H3,(H,17,19). The van der Waals surface area contributed by atoms with E-state index in [2.05, 4.69) is 5.32 Å². The third-order valence-electron chi connectivity index (χ3n) is 2.72. The highest BCUT2D eigenvalue weighted by atomic mass is 19.1. The number of phenolic OH excluding ortho intramolecular Hbond substituents is 1. The molecule has 0 heterocycles. The number of phenols is 1. The number of aromatic hydroxyl groups is 1. The van der Waals surface area contributed by atoms with E-state index in [1.807, 2.05) is 18.2 Å². The number of hydrogen-bond donors (Lipinski definition) is 2. The summed E-state index contributed by atoms with van der Waals surface area (Å²) in [5.74, 6) is -1.13. The molecule has 0 aliphatic carbocycles. The molecule has 0 saturated heterocycles. The Morgan fingerprint density at radius 3 is 2.67 bits per heavy atom. The van der Waals surface area contributed by atoms with Crippen LogP contribution in [0.25, 0.3) is 0 Å². The third-order valence-corrected chi connectivity index (χ3v) is 2.72. The average molecular weight is 291 g/mol. The Kier molecular flexibility index (Phi) is 4.61. The van der Waals surface area contributed by atoms with Crippen molar-refractivity contribution >= 4 is 11.8 Å². The molecule has 0 spiro atoms. The first kappa shape index (κ1) is 14.6. The summed E-state index contributed by atoms with van der Waals surface area (Å²) in [5.41, 5.74) is 0.726. The fourth-order valence-electron chi connectivity index (χ4n) is 1.67. The lowest BCUT2D eigenvalue weighted by atomic mass is 10.2. The van der Waals surface area contributed by atoms with E-state index >= 15 is 0 Å². The molecule has 0 aliphatic heterocycles. The van der Waals surface area contributed by atoms with E-state index in [0.29, 0.717) is 0 Å². The number of anilines is 1. The van der Waals surface area contributed by atoms with E-state index in [9.17, 15) is 14.3 Å². The summed E-state index contributed by atoms with van der Waals surface area (Å²) < 4.78 is 23.2. The average Bonchev–Trinajstić information content (AvgIpc) is 2.49. The number of hydrogen-bond acceptors (Lipinski definition) is 4. The summed E-state index contributed by atoms with van der Waals surface area (Å²) in [5, 5.41) is 11.9. The van der Waals surface area contributed by atoms with E-state index in [1.165, 1.54) is 7.11 Å². The molecule has 2 aromatic rings. The smallest absolute Gasteiger partial charge is 0.412 e. The monoisotopic (exact) mass is 291 g/mol. The Morgan fingerprint density at radius 2 is 2.00 bits per heavy atom. The quantitative estimate of drug-likeness (QED) is 0.848. The van der Waals surface area contributed by atoms with E-state index in [0.717, 1.165) is 17.7 Å². The molecule has 0 bridgehead atoms. The van der Waals surface area contributed by atoms with Crippen molar-refractivity contribution in [2.75, 3.05) is 12.4 Å². The van der Waals surface area contributed by atoms with Crippen molar-refractivity contribution in [3.05, 3.63) is 53.8 Å². The minimum absolute atomic E-state index is 0.0755. The first-order valence-electron chi connectivity index (χ1n) is 6.14. The molecule has 0 atom stereocenters. The second-order valence-corrected chi connectivity index (χ2v) is 4.19. The Bertz CT molecular complexity index is 631. The van der Waals surface area contributed by atoms with Crippen LogP contribution in [0.4, 0.5) is 14.9 Å². The van der Waals surface area contributed by atoms with Crippen molar-refractivity contribution in [3.8, 4) is 11.5 Å². The lowest BCUT2D eigenvalue weighted by Crippen LogP contribution is -2.13. The molecule has 2 N–H and O–H groups in total. The first-order chi connectivity index (χ1) is 10.1. The Hall–Kier alpha value is -2.76. The van der Waals surface area contributed by atoms with Crippen LogP contribution in [0.1, 0.15) is 5.56 Å². The second-order valence-electron chi connectivity index (χ2n) is 4.19. The van der Waals surface area contributed by atoms with E-state index in [-0.39, 0.29) is 23.8 Å². The van der Waals surface area contributed by atoms with Gasteiger partial charge in [0.2, 0.25) is 0 Å². The Morgan fingerprint density at radius 1 is 1.29 bits per heavy atom. The number of nitrogens with one attached hydrogen (secondary N) is 1. The predicted molar refractivity (Wildman–Crippen MR) is 74.9 cm³/mol. The summed E-state index contributed by atoms with van der Waals surface area (Å²) >= 11 is 0. The van der Waals surface area contributed by atoms with Gasteiger partial charge in [0.1, 0.15) is 12.4 Å². The molecular weight excluding hydrogens is 277 g/mol. The SMILES string of the molecule is COc1cc(O)c(NC(=O)OCc2ccccc2)cc1F. The van der Waals surface area contributed by atoms with Gasteiger partial charge in [-0.05, 0) is 5.56 Å². The van der Waals surface area contributed by atoms with Crippen LogP contribution >= 0.6 is 0 Å². The maximum absolute atomic E-state index is 13.5. The minimum atomic E-state index is -0.793. The van der Waals surface area contributed by atoms with Gasteiger partial charge in [-0.25, -0.2) is 9.18 Å². The third kappa shape index (κ3) is 3.85. The van der Waals surface area contributed by atoms with Gasteiger partial charge in [0, 0.05) is 12.1 Å². The zero-order valence-corrected chi connectivity index (χ0v) is 11.3. The fourth-order valence-corrected chi connectivity index (χ4v) is 1.67. The van der Waals surface area contributed by atoms with Gasteiger partial charge >= 0.3 is 6.09 Å². The first-order valence-corrected chi connectivity index (χ1v) is 6.14. The normalized spacial score (nSPS) is 10.0. The number of carbonyl (C=O) groups excluding carboxylic acids is 1. The summed E-state index contributed by atoms with van der Waals surface area (Å²) in [7, 11) is 1.28. The fraction of sp³-hybridized carbons (Fsp3) is 0.133. The largest absolute Gasteiger partial charge is 0.506 e. The molecule has 0 fully saturated rings.